The van der Waals surface area contributed by atoms with Crippen LogP contribution in [0.4, 0.5) is 5.69 Å². The van der Waals surface area contributed by atoms with Crippen molar-refractivity contribution in [2.45, 2.75) is 11.4 Å². The highest BCUT2D eigenvalue weighted by Gasteiger charge is 2.21. The third-order valence-electron chi connectivity index (χ3n) is 4.43. The molecule has 0 aliphatic carbocycles. The zero-order valence-corrected chi connectivity index (χ0v) is 17.8. The van der Waals surface area contributed by atoms with Crippen molar-refractivity contribution in [2.24, 2.45) is 0 Å². The molecule has 0 aliphatic heterocycles. The van der Waals surface area contributed by atoms with Gasteiger partial charge in [0.1, 0.15) is 0 Å². The van der Waals surface area contributed by atoms with E-state index >= 15 is 0 Å². The van der Waals surface area contributed by atoms with E-state index in [0.29, 0.717) is 12.2 Å². The Hall–Kier alpha value is -2.90. The quantitative estimate of drug-likeness (QED) is 0.425. The lowest BCUT2D eigenvalue weighted by Crippen LogP contribution is -2.13. The Morgan fingerprint density at radius 2 is 1.48 bits per heavy atom. The van der Waals surface area contributed by atoms with E-state index in [2.05, 4.69) is 26.3 Å². The van der Waals surface area contributed by atoms with Crippen molar-refractivity contribution < 1.29 is 8.42 Å². The Morgan fingerprint density at radius 1 is 0.862 bits per heavy atom. The van der Waals surface area contributed by atoms with Crippen LogP contribution in [0.25, 0.3) is 11.3 Å². The van der Waals surface area contributed by atoms with E-state index in [0.717, 1.165) is 25.4 Å². The average molecular weight is 468 g/mol. The molecule has 7 heteroatoms. The maximum Gasteiger partial charge on any atom is 0.282 e. The highest BCUT2D eigenvalue weighted by molar-refractivity contribution is 9.10. The molecule has 0 saturated heterocycles. The third kappa shape index (κ3) is 4.26. The summed E-state index contributed by atoms with van der Waals surface area (Å²) in [5.41, 5.74) is 3.22. The zero-order chi connectivity index (χ0) is 20.3. The fourth-order valence-electron chi connectivity index (χ4n) is 2.94. The second-order valence-electron chi connectivity index (χ2n) is 6.42. The van der Waals surface area contributed by atoms with Crippen LogP contribution < -0.4 is 5.32 Å². The number of anilines is 1. The SMILES string of the molecule is O=S(=O)(c1ccccc1)n1cc(CNc2ccc(Br)cc2)c(-c2ccccc2)n1. The minimum absolute atomic E-state index is 0.203. The topological polar surface area (TPSA) is 64.0 Å². The second-order valence-corrected chi connectivity index (χ2v) is 9.13. The number of halogens is 1. The molecule has 29 heavy (non-hydrogen) atoms. The first kappa shape index (κ1) is 19.4. The van der Waals surface area contributed by atoms with Gasteiger partial charge in [-0.15, -0.1) is 0 Å². The van der Waals surface area contributed by atoms with Gasteiger partial charge in [-0.2, -0.15) is 17.6 Å². The summed E-state index contributed by atoms with van der Waals surface area (Å²) in [4.78, 5) is 0.203. The van der Waals surface area contributed by atoms with Crippen LogP contribution in [-0.4, -0.2) is 17.6 Å². The van der Waals surface area contributed by atoms with E-state index < -0.39 is 10.0 Å². The van der Waals surface area contributed by atoms with Crippen molar-refractivity contribution in [3.05, 3.63) is 101 Å². The number of benzene rings is 3. The van der Waals surface area contributed by atoms with Gasteiger partial charge in [0.15, 0.2) is 0 Å². The molecule has 0 aliphatic rings. The van der Waals surface area contributed by atoms with Gasteiger partial charge in [-0.1, -0.05) is 64.5 Å². The predicted molar refractivity (Wildman–Crippen MR) is 118 cm³/mol. The Bertz CT molecular complexity index is 1210. The molecule has 0 unspecified atom stereocenters. The van der Waals surface area contributed by atoms with Crippen molar-refractivity contribution in [3.8, 4) is 11.3 Å². The predicted octanol–water partition coefficient (Wildman–Crippen LogP) is 5.16. The molecule has 3 aromatic carbocycles. The van der Waals surface area contributed by atoms with Gasteiger partial charge in [0.2, 0.25) is 0 Å². The summed E-state index contributed by atoms with van der Waals surface area (Å²) in [5, 5.41) is 7.77. The van der Waals surface area contributed by atoms with Crippen LogP contribution >= 0.6 is 15.9 Å². The van der Waals surface area contributed by atoms with Crippen LogP contribution in [0.1, 0.15) is 5.56 Å². The van der Waals surface area contributed by atoms with Gasteiger partial charge >= 0.3 is 0 Å². The summed E-state index contributed by atoms with van der Waals surface area (Å²) < 4.78 is 28.1. The Balaban J connectivity index is 1.72. The molecule has 0 fully saturated rings. The normalized spacial score (nSPS) is 11.3. The lowest BCUT2D eigenvalue weighted by atomic mass is 10.1. The molecule has 0 atom stereocenters. The Morgan fingerprint density at radius 3 is 2.14 bits per heavy atom. The Labute approximate surface area is 178 Å². The summed E-state index contributed by atoms with van der Waals surface area (Å²) in [6.45, 7) is 0.441. The number of hydrogen-bond acceptors (Lipinski definition) is 4. The molecule has 0 amide bonds. The first-order valence-electron chi connectivity index (χ1n) is 8.98. The van der Waals surface area contributed by atoms with Crippen LogP contribution in [-0.2, 0) is 16.6 Å². The zero-order valence-electron chi connectivity index (χ0n) is 15.4. The fourth-order valence-corrected chi connectivity index (χ4v) is 4.38. The van der Waals surface area contributed by atoms with E-state index in [-0.39, 0.29) is 4.90 Å². The molecule has 4 rings (SSSR count). The van der Waals surface area contributed by atoms with Crippen LogP contribution in [0.5, 0.6) is 0 Å². The van der Waals surface area contributed by atoms with Gasteiger partial charge in [0, 0.05) is 34.0 Å². The molecule has 146 valence electrons. The molecule has 0 bridgehead atoms. The molecule has 0 spiro atoms. The van der Waals surface area contributed by atoms with Crippen LogP contribution in [0.2, 0.25) is 0 Å². The Kier molecular flexibility index (Phi) is 5.51. The molecule has 0 saturated carbocycles. The van der Waals surface area contributed by atoms with Crippen molar-refractivity contribution in [2.75, 3.05) is 5.32 Å². The molecule has 1 aromatic heterocycles. The van der Waals surface area contributed by atoms with Crippen molar-refractivity contribution >= 4 is 31.6 Å². The minimum Gasteiger partial charge on any atom is -0.381 e. The van der Waals surface area contributed by atoms with Crippen molar-refractivity contribution in [1.82, 2.24) is 9.19 Å². The van der Waals surface area contributed by atoms with Crippen LogP contribution in [0.15, 0.2) is 100 Å². The highest BCUT2D eigenvalue weighted by Crippen LogP contribution is 2.25. The van der Waals surface area contributed by atoms with Gasteiger partial charge < -0.3 is 5.32 Å². The van der Waals surface area contributed by atoms with Gasteiger partial charge in [-0.05, 0) is 36.4 Å². The van der Waals surface area contributed by atoms with E-state index in [1.807, 2.05) is 54.6 Å². The lowest BCUT2D eigenvalue weighted by Gasteiger charge is -2.06. The number of aromatic nitrogens is 2. The number of rotatable bonds is 6. The smallest absolute Gasteiger partial charge is 0.282 e. The van der Waals surface area contributed by atoms with Crippen LogP contribution in [0.3, 0.4) is 0 Å². The summed E-state index contributed by atoms with van der Waals surface area (Å²) in [7, 11) is -3.77. The highest BCUT2D eigenvalue weighted by atomic mass is 79.9. The number of hydrogen-bond donors (Lipinski definition) is 1. The molecular weight excluding hydrogens is 450 g/mol. The van der Waals surface area contributed by atoms with Gasteiger partial charge in [0.25, 0.3) is 10.0 Å². The molecular formula is C22H18BrN3O2S. The molecule has 5 nitrogen and oxygen atoms in total. The number of nitrogens with one attached hydrogen (secondary N) is 1. The first-order chi connectivity index (χ1) is 14.0. The summed E-state index contributed by atoms with van der Waals surface area (Å²) in [6, 6.07) is 25.7. The monoisotopic (exact) mass is 467 g/mol. The molecule has 0 radical (unpaired) electrons. The summed E-state index contributed by atoms with van der Waals surface area (Å²) >= 11 is 3.42. The maximum absolute atomic E-state index is 13.0. The van der Waals surface area contributed by atoms with Crippen molar-refractivity contribution in [1.29, 1.82) is 0 Å². The van der Waals surface area contributed by atoms with Crippen molar-refractivity contribution in [3.63, 3.8) is 0 Å². The summed E-state index contributed by atoms with van der Waals surface area (Å²) in [5.74, 6) is 0. The van der Waals surface area contributed by atoms with E-state index in [1.165, 1.54) is 0 Å². The van der Waals surface area contributed by atoms with E-state index in [1.54, 1.807) is 36.5 Å². The summed E-state index contributed by atoms with van der Waals surface area (Å²) in [6.07, 6.45) is 1.58. The average Bonchev–Trinajstić information content (AvgIpc) is 3.20. The molecule has 4 aromatic rings. The van der Waals surface area contributed by atoms with E-state index in [4.69, 9.17) is 0 Å². The maximum atomic E-state index is 13.0. The fraction of sp³-hybridized carbons (Fsp3) is 0.0455. The standard InChI is InChI=1S/C22H18BrN3O2S/c23-19-11-13-20(14-12-19)24-15-18-16-26(25-22(18)17-7-3-1-4-8-17)29(27,28)21-9-5-2-6-10-21/h1-14,16,24H,15H2. The van der Waals surface area contributed by atoms with Gasteiger partial charge in [-0.3, -0.25) is 0 Å². The van der Waals surface area contributed by atoms with Crippen LogP contribution in [0, 0.1) is 0 Å². The second kappa shape index (κ2) is 8.23. The molecule has 1 heterocycles. The van der Waals surface area contributed by atoms with Gasteiger partial charge in [0.05, 0.1) is 10.6 Å². The minimum atomic E-state index is -3.77. The van der Waals surface area contributed by atoms with E-state index in [9.17, 15) is 8.42 Å². The third-order valence-corrected chi connectivity index (χ3v) is 6.51. The number of nitrogens with zero attached hydrogens (tertiary/aromatic N) is 2. The molecule has 1 N–H and O–H groups in total. The first-order valence-corrected chi connectivity index (χ1v) is 11.2. The largest absolute Gasteiger partial charge is 0.381 e. The van der Waals surface area contributed by atoms with Gasteiger partial charge in [-0.25, -0.2) is 0 Å². The lowest BCUT2D eigenvalue weighted by molar-refractivity contribution is 0.580.